The van der Waals surface area contributed by atoms with E-state index >= 15 is 0 Å². The predicted molar refractivity (Wildman–Crippen MR) is 92.9 cm³/mol. The molecule has 4 heteroatoms. The van der Waals surface area contributed by atoms with Crippen molar-refractivity contribution in [3.05, 3.63) is 70.8 Å². The second kappa shape index (κ2) is 5.39. The van der Waals surface area contributed by atoms with Crippen molar-refractivity contribution in [2.45, 2.75) is 0 Å². The molecule has 2 aromatic carbocycles. The fourth-order valence-electron chi connectivity index (χ4n) is 2.41. The number of nitrogens with zero attached hydrogens (tertiary/aromatic N) is 2. The predicted octanol–water partition coefficient (Wildman–Crippen LogP) is 5.49. The highest BCUT2D eigenvalue weighted by Gasteiger charge is 2.05. The lowest BCUT2D eigenvalue weighted by Crippen LogP contribution is -1.81. The van der Waals surface area contributed by atoms with Gasteiger partial charge in [0.1, 0.15) is 11.2 Å². The Bertz CT molecular complexity index is 987. The molecule has 2 heterocycles. The van der Waals surface area contributed by atoms with E-state index in [0.29, 0.717) is 5.82 Å². The second-order valence-corrected chi connectivity index (χ2v) is 5.86. The van der Waals surface area contributed by atoms with Crippen molar-refractivity contribution in [2.75, 3.05) is 0 Å². The molecule has 0 aliphatic heterocycles. The smallest absolute Gasteiger partial charge is 0.151 e. The topological polar surface area (TPSA) is 38.4 Å². The Kier molecular flexibility index (Phi) is 3.24. The second-order valence-electron chi connectivity index (χ2n) is 4.95. The number of rotatable bonds is 2. The van der Waals surface area contributed by atoms with Crippen molar-refractivity contribution in [3.63, 3.8) is 0 Å². The number of aromatic nitrogens is 1. The number of fused-ring (bicyclic) bond motifs is 3. The summed E-state index contributed by atoms with van der Waals surface area (Å²) in [6.07, 6.45) is 3.55. The molecule has 4 rings (SSSR count). The van der Waals surface area contributed by atoms with Crippen molar-refractivity contribution in [3.8, 4) is 0 Å². The molecule has 3 nitrogen and oxygen atoms in total. The van der Waals surface area contributed by atoms with Gasteiger partial charge in [0, 0.05) is 27.7 Å². The lowest BCUT2D eigenvalue weighted by Gasteiger charge is -1.95. The number of aliphatic imine (C=N–C) groups is 1. The maximum Gasteiger partial charge on any atom is 0.151 e. The summed E-state index contributed by atoms with van der Waals surface area (Å²) in [6.45, 7) is 0. The molecule has 106 valence electrons. The molecule has 0 bridgehead atoms. The Morgan fingerprint density at radius 1 is 0.955 bits per heavy atom. The van der Waals surface area contributed by atoms with Gasteiger partial charge in [-0.2, -0.15) is 0 Å². The third kappa shape index (κ3) is 2.42. The molecule has 0 unspecified atom stereocenters. The van der Waals surface area contributed by atoms with Crippen LogP contribution in [0.2, 0.25) is 0 Å². The molecule has 0 N–H and O–H groups in total. The van der Waals surface area contributed by atoms with Gasteiger partial charge >= 0.3 is 0 Å². The average Bonchev–Trinajstić information content (AvgIpc) is 2.92. The lowest BCUT2D eigenvalue weighted by atomic mass is 10.1. The molecule has 0 fully saturated rings. The third-order valence-corrected chi connectivity index (χ3v) is 3.93. The third-order valence-electron chi connectivity index (χ3n) is 3.46. The van der Waals surface area contributed by atoms with Gasteiger partial charge in [-0.1, -0.05) is 18.2 Å². The number of hydrogen-bond acceptors (Lipinski definition) is 3. The zero-order valence-electron chi connectivity index (χ0n) is 11.5. The zero-order valence-corrected chi connectivity index (χ0v) is 13.1. The molecular formula is C18H11BrN2O. The SMILES string of the molecule is Brc1ccc(N=Cc2ccc3oc4ccccc4c3c2)nc1. The Morgan fingerprint density at radius 3 is 2.68 bits per heavy atom. The van der Waals surface area contributed by atoms with E-state index in [0.717, 1.165) is 32.0 Å². The highest BCUT2D eigenvalue weighted by atomic mass is 79.9. The van der Waals surface area contributed by atoms with Crippen molar-refractivity contribution in [2.24, 2.45) is 4.99 Å². The minimum atomic E-state index is 0.681. The summed E-state index contributed by atoms with van der Waals surface area (Å²) in [5, 5.41) is 2.22. The van der Waals surface area contributed by atoms with Gasteiger partial charge in [0.25, 0.3) is 0 Å². The molecular weight excluding hydrogens is 340 g/mol. The number of para-hydroxylation sites is 1. The van der Waals surface area contributed by atoms with Crippen LogP contribution in [-0.4, -0.2) is 11.2 Å². The normalized spacial score (nSPS) is 11.7. The first-order chi connectivity index (χ1) is 10.8. The molecule has 0 saturated heterocycles. The standard InChI is InChI=1S/C18H11BrN2O/c19-13-6-8-18(21-11-13)20-10-12-5-7-17-15(9-12)14-3-1-2-4-16(14)22-17/h1-11H. The minimum absolute atomic E-state index is 0.681. The van der Waals surface area contributed by atoms with Crippen LogP contribution >= 0.6 is 15.9 Å². The summed E-state index contributed by atoms with van der Waals surface area (Å²) in [4.78, 5) is 8.63. The molecule has 0 radical (unpaired) electrons. The van der Waals surface area contributed by atoms with Crippen LogP contribution in [0.1, 0.15) is 5.56 Å². The van der Waals surface area contributed by atoms with Crippen molar-refractivity contribution >= 4 is 49.9 Å². The van der Waals surface area contributed by atoms with Crippen molar-refractivity contribution < 1.29 is 4.42 Å². The number of benzene rings is 2. The van der Waals surface area contributed by atoms with Crippen LogP contribution in [-0.2, 0) is 0 Å². The van der Waals surface area contributed by atoms with Crippen LogP contribution < -0.4 is 0 Å². The van der Waals surface area contributed by atoms with Gasteiger partial charge in [-0.3, -0.25) is 0 Å². The monoisotopic (exact) mass is 350 g/mol. The number of hydrogen-bond donors (Lipinski definition) is 0. The molecule has 0 spiro atoms. The molecule has 22 heavy (non-hydrogen) atoms. The van der Waals surface area contributed by atoms with Gasteiger partial charge in [-0.05, 0) is 57.9 Å². The van der Waals surface area contributed by atoms with Gasteiger partial charge in [-0.15, -0.1) is 0 Å². The zero-order chi connectivity index (χ0) is 14.9. The fraction of sp³-hybridized carbons (Fsp3) is 0. The first-order valence-corrected chi connectivity index (χ1v) is 7.66. The highest BCUT2D eigenvalue weighted by Crippen LogP contribution is 2.28. The number of halogens is 1. The maximum absolute atomic E-state index is 5.82. The Labute approximate surface area is 135 Å². The molecule has 0 aliphatic carbocycles. The average molecular weight is 351 g/mol. The van der Waals surface area contributed by atoms with Gasteiger partial charge in [0.05, 0.1) is 0 Å². The summed E-state index contributed by atoms with van der Waals surface area (Å²) >= 11 is 3.36. The molecule has 0 aliphatic rings. The first kappa shape index (κ1) is 13.2. The van der Waals surface area contributed by atoms with Crippen molar-refractivity contribution in [1.82, 2.24) is 4.98 Å². The van der Waals surface area contributed by atoms with E-state index in [1.165, 1.54) is 0 Å². The molecule has 0 atom stereocenters. The summed E-state index contributed by atoms with van der Waals surface area (Å²) in [5.74, 6) is 0.681. The molecule has 4 aromatic rings. The van der Waals surface area contributed by atoms with E-state index < -0.39 is 0 Å². The van der Waals surface area contributed by atoms with E-state index in [-0.39, 0.29) is 0 Å². The van der Waals surface area contributed by atoms with Crippen LogP contribution in [0.25, 0.3) is 21.9 Å². The van der Waals surface area contributed by atoms with Gasteiger partial charge in [0.15, 0.2) is 5.82 Å². The van der Waals surface area contributed by atoms with E-state index in [1.807, 2.05) is 48.7 Å². The van der Waals surface area contributed by atoms with Crippen LogP contribution in [0.15, 0.2) is 74.7 Å². The van der Waals surface area contributed by atoms with E-state index in [9.17, 15) is 0 Å². The van der Waals surface area contributed by atoms with Crippen molar-refractivity contribution in [1.29, 1.82) is 0 Å². The van der Waals surface area contributed by atoms with E-state index in [1.54, 1.807) is 6.20 Å². The fourth-order valence-corrected chi connectivity index (χ4v) is 2.64. The van der Waals surface area contributed by atoms with E-state index in [4.69, 9.17) is 4.42 Å². The van der Waals surface area contributed by atoms with Gasteiger partial charge in [-0.25, -0.2) is 9.98 Å². The van der Waals surface area contributed by atoms with Crippen LogP contribution in [0, 0.1) is 0 Å². The summed E-state index contributed by atoms with van der Waals surface area (Å²) < 4.78 is 6.76. The Morgan fingerprint density at radius 2 is 1.82 bits per heavy atom. The largest absolute Gasteiger partial charge is 0.456 e. The summed E-state index contributed by atoms with van der Waals surface area (Å²) in [5.41, 5.74) is 2.81. The number of furan rings is 1. The van der Waals surface area contributed by atoms with Crippen LogP contribution in [0.4, 0.5) is 5.82 Å². The molecule has 0 saturated carbocycles. The van der Waals surface area contributed by atoms with E-state index in [2.05, 4.69) is 38.0 Å². The lowest BCUT2D eigenvalue weighted by molar-refractivity contribution is 0.669. The Balaban J connectivity index is 1.75. The summed E-state index contributed by atoms with van der Waals surface area (Å²) in [6, 6.07) is 17.9. The number of pyridine rings is 1. The van der Waals surface area contributed by atoms with Gasteiger partial charge in [0.2, 0.25) is 0 Å². The van der Waals surface area contributed by atoms with Crippen LogP contribution in [0.5, 0.6) is 0 Å². The van der Waals surface area contributed by atoms with Gasteiger partial charge < -0.3 is 4.42 Å². The quantitative estimate of drug-likeness (QED) is 0.448. The van der Waals surface area contributed by atoms with Crippen LogP contribution in [0.3, 0.4) is 0 Å². The molecule has 2 aromatic heterocycles. The minimum Gasteiger partial charge on any atom is -0.456 e. The highest BCUT2D eigenvalue weighted by molar-refractivity contribution is 9.10. The maximum atomic E-state index is 5.82. The summed E-state index contributed by atoms with van der Waals surface area (Å²) in [7, 11) is 0. The molecule has 0 amide bonds. The first-order valence-electron chi connectivity index (χ1n) is 6.86. The Hall–Kier alpha value is -2.46.